The zero-order chi connectivity index (χ0) is 25.6. The fourth-order valence-electron chi connectivity index (χ4n) is 4.96. The van der Waals surface area contributed by atoms with Gasteiger partial charge in [-0.05, 0) is 67.5 Å². The molecule has 2 aromatic carbocycles. The first-order valence-corrected chi connectivity index (χ1v) is 12.9. The molecule has 1 fully saturated rings. The molecule has 0 amide bonds. The number of aryl methyl sites for hydroxylation is 2. The Kier molecular flexibility index (Phi) is 15.8. The molecule has 0 N–H and O–H groups in total. The lowest BCUT2D eigenvalue weighted by atomic mass is 10.0. The largest absolute Gasteiger partial charge is 1.00 e. The number of carbonyl (C=O) groups excluding carboxylic acids is 2. The van der Waals surface area contributed by atoms with Crippen molar-refractivity contribution < 1.29 is 45.4 Å². The van der Waals surface area contributed by atoms with Gasteiger partial charge in [-0.15, -0.1) is 12.4 Å². The SMILES string of the molecule is COC(=O)COc1cccc(CCC[N+]2(CCCc3cccc(OCC(=O)OC)c3)CCCCC2)c1.Cl.[Cl-]. The van der Waals surface area contributed by atoms with Gasteiger partial charge in [0.05, 0.1) is 40.4 Å². The van der Waals surface area contributed by atoms with E-state index >= 15 is 0 Å². The number of hydrogen-bond acceptors (Lipinski definition) is 6. The minimum Gasteiger partial charge on any atom is -1.00 e. The summed E-state index contributed by atoms with van der Waals surface area (Å²) in [6.45, 7) is 4.72. The van der Waals surface area contributed by atoms with Crippen LogP contribution in [-0.2, 0) is 31.9 Å². The number of esters is 2. The monoisotopic (exact) mass is 569 g/mol. The van der Waals surface area contributed by atoms with E-state index in [1.54, 1.807) is 0 Å². The maximum absolute atomic E-state index is 11.3. The van der Waals surface area contributed by atoms with Crippen LogP contribution in [0.3, 0.4) is 0 Å². The standard InChI is InChI=1S/C29H40NO6.2ClH/c1-33-28(31)22-35-26-14-6-10-24(20-26)12-8-18-30(16-4-3-5-17-30)19-9-13-25-11-7-15-27(21-25)36-23-29(32)34-2;;/h6-7,10-11,14-15,20-21H,3-5,8-9,12-13,16-19,22-23H2,1-2H3;2*1H/q+1;;/p-1. The van der Waals surface area contributed by atoms with Crippen LogP contribution in [0.1, 0.15) is 43.2 Å². The van der Waals surface area contributed by atoms with E-state index in [1.807, 2.05) is 36.4 Å². The van der Waals surface area contributed by atoms with Crippen LogP contribution in [-0.4, -0.2) is 70.0 Å². The normalized spacial score (nSPS) is 13.8. The Balaban J connectivity index is 0.00000361. The van der Waals surface area contributed by atoms with Crippen LogP contribution in [0.25, 0.3) is 0 Å². The number of halogens is 2. The minimum atomic E-state index is -0.377. The molecule has 0 unspecified atom stereocenters. The van der Waals surface area contributed by atoms with Gasteiger partial charge in [0.15, 0.2) is 13.2 Å². The third-order valence-corrected chi connectivity index (χ3v) is 6.93. The lowest BCUT2D eigenvalue weighted by Gasteiger charge is -2.42. The molecule has 0 spiro atoms. The smallest absolute Gasteiger partial charge is 0.343 e. The highest BCUT2D eigenvalue weighted by molar-refractivity contribution is 5.85. The first-order valence-electron chi connectivity index (χ1n) is 12.9. The Morgan fingerprint density at radius 3 is 1.61 bits per heavy atom. The fraction of sp³-hybridized carbons (Fsp3) is 0.517. The molecule has 1 aliphatic rings. The second-order valence-corrected chi connectivity index (χ2v) is 9.53. The number of hydrogen-bond donors (Lipinski definition) is 0. The van der Waals surface area contributed by atoms with Crippen LogP contribution >= 0.6 is 12.4 Å². The molecule has 0 saturated carbocycles. The number of ether oxygens (including phenoxy) is 4. The van der Waals surface area contributed by atoms with Crippen LogP contribution < -0.4 is 21.9 Å². The number of rotatable bonds is 14. The highest BCUT2D eigenvalue weighted by atomic mass is 35.5. The Hall–Kier alpha value is -2.48. The highest BCUT2D eigenvalue weighted by Gasteiger charge is 2.28. The molecule has 0 atom stereocenters. The maximum Gasteiger partial charge on any atom is 0.343 e. The van der Waals surface area contributed by atoms with Crippen LogP contribution in [0.15, 0.2) is 48.5 Å². The lowest BCUT2D eigenvalue weighted by Crippen LogP contribution is -3.00. The summed E-state index contributed by atoms with van der Waals surface area (Å²) in [5, 5.41) is 0. The zero-order valence-electron chi connectivity index (χ0n) is 22.5. The number of quaternary nitrogens is 1. The number of benzene rings is 2. The molecule has 3 rings (SSSR count). The second kappa shape index (κ2) is 17.9. The Bertz CT molecular complexity index is 910. The first-order chi connectivity index (χ1) is 17.5. The molecular formula is C29H41Cl2NO6. The van der Waals surface area contributed by atoms with Crippen molar-refractivity contribution in [3.63, 3.8) is 0 Å². The van der Waals surface area contributed by atoms with E-state index in [9.17, 15) is 9.59 Å². The van der Waals surface area contributed by atoms with Crippen LogP contribution in [0.4, 0.5) is 0 Å². The van der Waals surface area contributed by atoms with E-state index < -0.39 is 0 Å². The maximum atomic E-state index is 11.3. The summed E-state index contributed by atoms with van der Waals surface area (Å²) in [4.78, 5) is 22.7. The van der Waals surface area contributed by atoms with E-state index in [4.69, 9.17) is 9.47 Å². The Labute approximate surface area is 239 Å². The van der Waals surface area contributed by atoms with Crippen molar-refractivity contribution in [1.29, 1.82) is 0 Å². The molecule has 1 heterocycles. The minimum absolute atomic E-state index is 0. The average Bonchev–Trinajstić information content (AvgIpc) is 2.91. The third-order valence-electron chi connectivity index (χ3n) is 6.93. The van der Waals surface area contributed by atoms with Crippen molar-refractivity contribution in [1.82, 2.24) is 0 Å². The van der Waals surface area contributed by atoms with Gasteiger partial charge in [0.2, 0.25) is 0 Å². The van der Waals surface area contributed by atoms with Crippen molar-refractivity contribution in [3.8, 4) is 11.5 Å². The van der Waals surface area contributed by atoms with Crippen LogP contribution in [0.5, 0.6) is 11.5 Å². The predicted octanol–water partition coefficient (Wildman–Crippen LogP) is 1.78. The molecule has 1 aliphatic heterocycles. The molecule has 0 aliphatic carbocycles. The van der Waals surface area contributed by atoms with Crippen molar-refractivity contribution in [2.45, 2.75) is 44.9 Å². The molecule has 2 aromatic rings. The van der Waals surface area contributed by atoms with Gasteiger partial charge in [0, 0.05) is 12.8 Å². The highest BCUT2D eigenvalue weighted by Crippen LogP contribution is 2.23. The van der Waals surface area contributed by atoms with Crippen molar-refractivity contribution >= 4 is 24.3 Å². The molecule has 212 valence electrons. The molecule has 7 nitrogen and oxygen atoms in total. The molecule has 1 saturated heterocycles. The van der Waals surface area contributed by atoms with Gasteiger partial charge in [-0.2, -0.15) is 0 Å². The quantitative estimate of drug-likeness (QED) is 0.255. The van der Waals surface area contributed by atoms with Crippen molar-refractivity contribution in [2.75, 3.05) is 53.6 Å². The summed E-state index contributed by atoms with van der Waals surface area (Å²) in [5.41, 5.74) is 2.47. The topological polar surface area (TPSA) is 71.1 Å². The Morgan fingerprint density at radius 1 is 0.737 bits per heavy atom. The van der Waals surface area contributed by atoms with Gasteiger partial charge in [-0.1, -0.05) is 24.3 Å². The van der Waals surface area contributed by atoms with Gasteiger partial charge in [-0.3, -0.25) is 0 Å². The summed E-state index contributed by atoms with van der Waals surface area (Å²) in [5.74, 6) is 0.657. The van der Waals surface area contributed by atoms with E-state index in [2.05, 4.69) is 21.6 Å². The zero-order valence-corrected chi connectivity index (χ0v) is 24.1. The van der Waals surface area contributed by atoms with Crippen LogP contribution in [0, 0.1) is 0 Å². The molecular weight excluding hydrogens is 529 g/mol. The van der Waals surface area contributed by atoms with Crippen molar-refractivity contribution in [3.05, 3.63) is 59.7 Å². The molecule has 0 radical (unpaired) electrons. The molecule has 38 heavy (non-hydrogen) atoms. The molecule has 9 heteroatoms. The van der Waals surface area contributed by atoms with E-state index in [-0.39, 0.29) is 50.0 Å². The molecule has 0 aromatic heterocycles. The van der Waals surface area contributed by atoms with Gasteiger partial charge in [0.25, 0.3) is 0 Å². The summed E-state index contributed by atoms with van der Waals surface area (Å²) < 4.78 is 21.6. The van der Waals surface area contributed by atoms with Gasteiger partial charge in [0.1, 0.15) is 11.5 Å². The van der Waals surface area contributed by atoms with E-state index in [0.29, 0.717) is 11.5 Å². The van der Waals surface area contributed by atoms with Gasteiger partial charge < -0.3 is 35.8 Å². The Morgan fingerprint density at radius 2 is 1.18 bits per heavy atom. The first kappa shape index (κ1) is 33.5. The fourth-order valence-corrected chi connectivity index (χ4v) is 4.96. The van der Waals surface area contributed by atoms with Gasteiger partial charge in [-0.25, -0.2) is 9.59 Å². The third kappa shape index (κ3) is 11.5. The average molecular weight is 571 g/mol. The summed E-state index contributed by atoms with van der Waals surface area (Å²) in [6, 6.07) is 16.0. The van der Waals surface area contributed by atoms with E-state index in [0.717, 1.165) is 25.7 Å². The van der Waals surface area contributed by atoms with Crippen LogP contribution in [0.2, 0.25) is 0 Å². The van der Waals surface area contributed by atoms with Gasteiger partial charge >= 0.3 is 11.9 Å². The number of methoxy groups -OCH3 is 2. The van der Waals surface area contributed by atoms with E-state index in [1.165, 1.54) is 75.3 Å². The second-order valence-electron chi connectivity index (χ2n) is 9.53. The summed E-state index contributed by atoms with van der Waals surface area (Å²) in [7, 11) is 2.72. The number of likely N-dealkylation sites (tertiary alicyclic amines) is 1. The number of nitrogens with zero attached hydrogens (tertiary/aromatic N) is 1. The number of carbonyl (C=O) groups is 2. The summed E-state index contributed by atoms with van der Waals surface area (Å²) in [6.07, 6.45) is 8.17. The summed E-state index contributed by atoms with van der Waals surface area (Å²) >= 11 is 0. The lowest BCUT2D eigenvalue weighted by molar-refractivity contribution is -0.932. The molecule has 0 bridgehead atoms. The number of piperidine rings is 1. The predicted molar refractivity (Wildman–Crippen MR) is 145 cm³/mol. The van der Waals surface area contributed by atoms with Crippen molar-refractivity contribution in [2.24, 2.45) is 0 Å².